The van der Waals surface area contributed by atoms with Gasteiger partial charge in [0.25, 0.3) is 0 Å². The summed E-state index contributed by atoms with van der Waals surface area (Å²) < 4.78 is 5.91. The second-order valence-electron chi connectivity index (χ2n) is 6.52. The molecule has 1 amide bonds. The Hall–Kier alpha value is -2.49. The van der Waals surface area contributed by atoms with Gasteiger partial charge in [0.1, 0.15) is 5.75 Å². The first-order valence-corrected chi connectivity index (χ1v) is 9.16. The summed E-state index contributed by atoms with van der Waals surface area (Å²) >= 11 is 0. The van der Waals surface area contributed by atoms with Gasteiger partial charge in [-0.1, -0.05) is 56.0 Å². The van der Waals surface area contributed by atoms with Gasteiger partial charge >= 0.3 is 0 Å². The van der Waals surface area contributed by atoms with Gasteiger partial charge < -0.3 is 15.4 Å². The molecule has 0 spiro atoms. The van der Waals surface area contributed by atoms with Crippen LogP contribution in [0.2, 0.25) is 0 Å². The summed E-state index contributed by atoms with van der Waals surface area (Å²) in [7, 11) is 0. The zero-order chi connectivity index (χ0) is 17.3. The number of hydrogen-bond acceptors (Lipinski definition) is 3. The highest BCUT2D eigenvalue weighted by molar-refractivity contribution is 5.81. The number of benzene rings is 2. The number of rotatable bonds is 6. The van der Waals surface area contributed by atoms with Gasteiger partial charge in [-0.3, -0.25) is 4.79 Å². The smallest absolute Gasteiger partial charge is 0.239 e. The maximum Gasteiger partial charge on any atom is 0.239 e. The number of hydrogen-bond donors (Lipinski definition) is 2. The van der Waals surface area contributed by atoms with Crippen molar-refractivity contribution in [3.63, 3.8) is 0 Å². The van der Waals surface area contributed by atoms with E-state index in [-0.39, 0.29) is 12.5 Å². The Balaban J connectivity index is 1.54. The van der Waals surface area contributed by atoms with Gasteiger partial charge in [-0.05, 0) is 37.1 Å². The van der Waals surface area contributed by atoms with Crippen molar-refractivity contribution in [3.8, 4) is 11.5 Å². The minimum atomic E-state index is 0.0430. The molecule has 4 nitrogen and oxygen atoms in total. The molecule has 1 aliphatic carbocycles. The van der Waals surface area contributed by atoms with E-state index < -0.39 is 0 Å². The van der Waals surface area contributed by atoms with Crippen LogP contribution in [0.25, 0.3) is 0 Å². The first kappa shape index (κ1) is 17.3. The number of amides is 1. The van der Waals surface area contributed by atoms with E-state index in [4.69, 9.17) is 4.74 Å². The Labute approximate surface area is 149 Å². The largest absolute Gasteiger partial charge is 0.455 e. The molecule has 3 rings (SSSR count). The van der Waals surface area contributed by atoms with Crippen LogP contribution in [-0.2, 0) is 4.79 Å². The van der Waals surface area contributed by atoms with E-state index in [1.54, 1.807) is 0 Å². The lowest BCUT2D eigenvalue weighted by molar-refractivity contribution is -0.120. The predicted octanol–water partition coefficient (Wildman–Crippen LogP) is 4.73. The Kier molecular flexibility index (Phi) is 6.32. The van der Waals surface area contributed by atoms with E-state index in [1.165, 1.54) is 25.7 Å². The van der Waals surface area contributed by atoms with Gasteiger partial charge in [0.05, 0.1) is 12.2 Å². The maximum atomic E-state index is 12.3. The van der Waals surface area contributed by atoms with Crippen LogP contribution in [0.15, 0.2) is 54.6 Å². The monoisotopic (exact) mass is 338 g/mol. The van der Waals surface area contributed by atoms with Gasteiger partial charge in [-0.15, -0.1) is 0 Å². The second kappa shape index (κ2) is 9.11. The third-order valence-electron chi connectivity index (χ3n) is 4.52. The van der Waals surface area contributed by atoms with E-state index >= 15 is 0 Å². The molecule has 0 heterocycles. The zero-order valence-corrected chi connectivity index (χ0v) is 14.5. The van der Waals surface area contributed by atoms with E-state index in [0.29, 0.717) is 6.04 Å². The van der Waals surface area contributed by atoms with E-state index in [9.17, 15) is 4.79 Å². The highest BCUT2D eigenvalue weighted by Gasteiger charge is 2.14. The molecule has 0 atom stereocenters. The first-order valence-electron chi connectivity index (χ1n) is 9.16. The van der Waals surface area contributed by atoms with Gasteiger partial charge in [0, 0.05) is 6.04 Å². The number of para-hydroxylation sites is 3. The van der Waals surface area contributed by atoms with Crippen LogP contribution in [0, 0.1) is 0 Å². The fraction of sp³-hybridized carbons (Fsp3) is 0.381. The minimum Gasteiger partial charge on any atom is -0.455 e. The SMILES string of the molecule is O=C(CNc1ccccc1Oc1ccccc1)NC1CCCCCC1. The number of nitrogens with one attached hydrogen (secondary N) is 2. The van der Waals surface area contributed by atoms with Crippen LogP contribution < -0.4 is 15.4 Å². The molecule has 2 N–H and O–H groups in total. The van der Waals surface area contributed by atoms with Gasteiger partial charge in [0.2, 0.25) is 5.91 Å². The molecular formula is C21H26N2O2. The van der Waals surface area contributed by atoms with Crippen molar-refractivity contribution in [2.45, 2.75) is 44.6 Å². The van der Waals surface area contributed by atoms with Crippen molar-refractivity contribution in [1.82, 2.24) is 5.32 Å². The molecular weight excluding hydrogens is 312 g/mol. The van der Waals surface area contributed by atoms with Gasteiger partial charge in [-0.2, -0.15) is 0 Å². The van der Waals surface area contributed by atoms with Crippen LogP contribution in [0.3, 0.4) is 0 Å². The van der Waals surface area contributed by atoms with Crippen molar-refractivity contribution in [2.75, 3.05) is 11.9 Å². The fourth-order valence-electron chi connectivity index (χ4n) is 3.20. The molecule has 4 heteroatoms. The molecule has 2 aromatic carbocycles. The lowest BCUT2D eigenvalue weighted by Crippen LogP contribution is -2.38. The highest BCUT2D eigenvalue weighted by Crippen LogP contribution is 2.28. The van der Waals surface area contributed by atoms with E-state index in [0.717, 1.165) is 30.0 Å². The fourth-order valence-corrected chi connectivity index (χ4v) is 3.20. The molecule has 0 aromatic heterocycles. The normalized spacial score (nSPS) is 15.2. The van der Waals surface area contributed by atoms with Crippen molar-refractivity contribution in [3.05, 3.63) is 54.6 Å². The predicted molar refractivity (Wildman–Crippen MR) is 101 cm³/mol. The number of carbonyl (C=O) groups excluding carboxylic acids is 1. The lowest BCUT2D eigenvalue weighted by Gasteiger charge is -2.17. The first-order chi connectivity index (χ1) is 12.3. The molecule has 132 valence electrons. The molecule has 0 bridgehead atoms. The standard InChI is InChI=1S/C21H26N2O2/c24-21(23-17-10-4-1-2-5-11-17)16-22-19-14-8-9-15-20(19)25-18-12-6-3-7-13-18/h3,6-9,12-15,17,22H,1-2,4-5,10-11,16H2,(H,23,24). The van der Waals surface area contributed by atoms with Gasteiger partial charge in [-0.25, -0.2) is 0 Å². The summed E-state index contributed by atoms with van der Waals surface area (Å²) in [5.74, 6) is 1.54. The summed E-state index contributed by atoms with van der Waals surface area (Å²) in [6, 6.07) is 17.7. The average molecular weight is 338 g/mol. The molecule has 25 heavy (non-hydrogen) atoms. The van der Waals surface area contributed by atoms with E-state index in [1.807, 2.05) is 54.6 Å². The van der Waals surface area contributed by atoms with Crippen LogP contribution in [0.4, 0.5) is 5.69 Å². The molecule has 1 saturated carbocycles. The molecule has 0 aliphatic heterocycles. The van der Waals surface area contributed by atoms with E-state index in [2.05, 4.69) is 10.6 Å². The minimum absolute atomic E-state index is 0.0430. The Morgan fingerprint density at radius 1 is 0.920 bits per heavy atom. The molecule has 0 saturated heterocycles. The summed E-state index contributed by atoms with van der Waals surface area (Å²) in [4.78, 5) is 12.3. The summed E-state index contributed by atoms with van der Waals surface area (Å²) in [6.07, 6.45) is 7.20. The molecule has 0 radical (unpaired) electrons. The van der Waals surface area contributed by atoms with Crippen LogP contribution in [0.1, 0.15) is 38.5 Å². The molecule has 1 fully saturated rings. The van der Waals surface area contributed by atoms with Crippen molar-refractivity contribution < 1.29 is 9.53 Å². The third-order valence-corrected chi connectivity index (χ3v) is 4.52. The van der Waals surface area contributed by atoms with Crippen molar-refractivity contribution in [2.24, 2.45) is 0 Å². The maximum absolute atomic E-state index is 12.3. The number of anilines is 1. The number of ether oxygens (including phenoxy) is 1. The molecule has 1 aliphatic rings. The Morgan fingerprint density at radius 2 is 1.60 bits per heavy atom. The van der Waals surface area contributed by atoms with Crippen molar-refractivity contribution in [1.29, 1.82) is 0 Å². The Morgan fingerprint density at radius 3 is 2.36 bits per heavy atom. The van der Waals surface area contributed by atoms with Gasteiger partial charge in [0.15, 0.2) is 5.75 Å². The van der Waals surface area contributed by atoms with Crippen LogP contribution >= 0.6 is 0 Å². The topological polar surface area (TPSA) is 50.4 Å². The lowest BCUT2D eigenvalue weighted by atomic mass is 10.1. The molecule has 0 unspecified atom stereocenters. The number of carbonyl (C=O) groups is 1. The molecule has 2 aromatic rings. The van der Waals surface area contributed by atoms with Crippen molar-refractivity contribution >= 4 is 11.6 Å². The Bertz CT molecular complexity index is 665. The second-order valence-corrected chi connectivity index (χ2v) is 6.52. The zero-order valence-electron chi connectivity index (χ0n) is 14.5. The summed E-state index contributed by atoms with van der Waals surface area (Å²) in [5.41, 5.74) is 0.822. The quantitative estimate of drug-likeness (QED) is 0.749. The van der Waals surface area contributed by atoms with Crippen LogP contribution in [0.5, 0.6) is 11.5 Å². The van der Waals surface area contributed by atoms with Crippen LogP contribution in [-0.4, -0.2) is 18.5 Å². The average Bonchev–Trinajstić information content (AvgIpc) is 2.90. The summed E-state index contributed by atoms with van der Waals surface area (Å²) in [6.45, 7) is 0.256. The third kappa shape index (κ3) is 5.52. The highest BCUT2D eigenvalue weighted by atomic mass is 16.5. The summed E-state index contributed by atoms with van der Waals surface area (Å²) in [5, 5.41) is 6.36.